The van der Waals surface area contributed by atoms with Crippen molar-refractivity contribution >= 4 is 11.4 Å². The van der Waals surface area contributed by atoms with Crippen molar-refractivity contribution in [1.29, 1.82) is 0 Å². The molecule has 1 aliphatic rings. The van der Waals surface area contributed by atoms with Crippen molar-refractivity contribution in [2.75, 3.05) is 7.05 Å². The Labute approximate surface area is 127 Å². The third kappa shape index (κ3) is 2.54. The van der Waals surface area contributed by atoms with E-state index in [0.717, 1.165) is 0 Å². The first-order valence-corrected chi connectivity index (χ1v) is 7.33. The van der Waals surface area contributed by atoms with E-state index in [1.807, 2.05) is 0 Å². The third-order valence-electron chi connectivity index (χ3n) is 3.67. The van der Waals surface area contributed by atoms with Gasteiger partial charge >= 0.3 is 0 Å². The Kier molecular flexibility index (Phi) is 3.70. The Balaban J connectivity index is 2.19. The van der Waals surface area contributed by atoms with Crippen LogP contribution in [0.2, 0.25) is 0 Å². The van der Waals surface area contributed by atoms with Crippen LogP contribution in [0.15, 0.2) is 60.7 Å². The molecule has 2 aromatic carbocycles. The fourth-order valence-corrected chi connectivity index (χ4v) is 2.71. The molecule has 2 heteroatoms. The summed E-state index contributed by atoms with van der Waals surface area (Å²) in [6, 6.07) is 21.4. The van der Waals surface area contributed by atoms with E-state index in [4.69, 9.17) is 0 Å². The number of rotatable bonds is 3. The predicted octanol–water partition coefficient (Wildman–Crippen LogP) is 4.16. The van der Waals surface area contributed by atoms with Crippen molar-refractivity contribution in [3.8, 4) is 0 Å². The summed E-state index contributed by atoms with van der Waals surface area (Å²) in [6.45, 7) is 7.83. The zero-order chi connectivity index (χ0) is 14.8. The second-order valence-electron chi connectivity index (χ2n) is 5.55. The molecule has 2 nitrogen and oxygen atoms in total. The Morgan fingerprint density at radius 1 is 0.762 bits per heavy atom. The highest BCUT2D eigenvalue weighted by atomic mass is 15.4. The van der Waals surface area contributed by atoms with E-state index in [0.29, 0.717) is 6.04 Å². The van der Waals surface area contributed by atoms with E-state index < -0.39 is 0 Å². The van der Waals surface area contributed by atoms with E-state index in [1.165, 1.54) is 22.5 Å². The molecule has 0 bridgehead atoms. The van der Waals surface area contributed by atoms with Crippen LogP contribution in [-0.2, 0) is 0 Å². The van der Waals surface area contributed by atoms with Crippen LogP contribution >= 0.6 is 0 Å². The van der Waals surface area contributed by atoms with Gasteiger partial charge in [0.2, 0.25) is 6.67 Å². The first kappa shape index (κ1) is 13.7. The minimum atomic E-state index is 0.365. The van der Waals surface area contributed by atoms with Gasteiger partial charge in [0.1, 0.15) is 0 Å². The van der Waals surface area contributed by atoms with Gasteiger partial charge in [-0.3, -0.25) is 0 Å². The lowest BCUT2D eigenvalue weighted by atomic mass is 10.0. The molecule has 0 saturated heterocycles. The molecule has 0 aromatic heterocycles. The predicted molar refractivity (Wildman–Crippen MR) is 87.7 cm³/mol. The lowest BCUT2D eigenvalue weighted by molar-refractivity contribution is 0.341. The lowest BCUT2D eigenvalue weighted by Gasteiger charge is -2.25. The van der Waals surface area contributed by atoms with Crippen LogP contribution < -0.4 is 0 Å². The van der Waals surface area contributed by atoms with Gasteiger partial charge in [0.05, 0.1) is 11.4 Å². The Morgan fingerprint density at radius 3 is 1.71 bits per heavy atom. The largest absolute Gasteiger partial charge is 0.342 e. The molecule has 2 radical (unpaired) electrons. The summed E-state index contributed by atoms with van der Waals surface area (Å²) >= 11 is 0. The van der Waals surface area contributed by atoms with Crippen LogP contribution in [0.4, 0.5) is 0 Å². The Bertz CT molecular complexity index is 629. The van der Waals surface area contributed by atoms with Crippen molar-refractivity contribution in [3.63, 3.8) is 0 Å². The van der Waals surface area contributed by atoms with Crippen molar-refractivity contribution in [2.24, 2.45) is 0 Å². The van der Waals surface area contributed by atoms with E-state index in [-0.39, 0.29) is 0 Å². The van der Waals surface area contributed by atoms with Crippen LogP contribution in [0.25, 0.3) is 11.4 Å². The molecule has 3 rings (SSSR count). The first-order valence-electron chi connectivity index (χ1n) is 7.33. The molecular weight excluding hydrogens is 256 g/mol. The topological polar surface area (TPSA) is 6.48 Å². The molecule has 0 N–H and O–H groups in total. The first-order chi connectivity index (χ1) is 10.2. The quantitative estimate of drug-likeness (QED) is 0.830. The van der Waals surface area contributed by atoms with Crippen LogP contribution in [0.3, 0.4) is 0 Å². The summed E-state index contributed by atoms with van der Waals surface area (Å²) in [7, 11) is 2.06. The molecule has 106 valence electrons. The summed E-state index contributed by atoms with van der Waals surface area (Å²) in [5.41, 5.74) is 4.87. The maximum absolute atomic E-state index is 3.44. The average Bonchev–Trinajstić information content (AvgIpc) is 2.87. The van der Waals surface area contributed by atoms with Gasteiger partial charge in [-0.1, -0.05) is 60.7 Å². The van der Waals surface area contributed by atoms with Gasteiger partial charge in [-0.05, 0) is 13.8 Å². The van der Waals surface area contributed by atoms with Gasteiger partial charge in [0, 0.05) is 24.2 Å². The monoisotopic (exact) mass is 276 g/mol. The van der Waals surface area contributed by atoms with Crippen LogP contribution in [0, 0.1) is 6.67 Å². The Morgan fingerprint density at radius 2 is 1.24 bits per heavy atom. The molecule has 0 aliphatic carbocycles. The Hall–Kier alpha value is -2.22. The van der Waals surface area contributed by atoms with Crippen LogP contribution in [-0.4, -0.2) is 22.9 Å². The minimum absolute atomic E-state index is 0.365. The molecule has 0 spiro atoms. The summed E-state index contributed by atoms with van der Waals surface area (Å²) in [4.78, 5) is 4.31. The second-order valence-corrected chi connectivity index (χ2v) is 5.55. The molecule has 0 unspecified atom stereocenters. The maximum atomic E-state index is 3.44. The molecule has 0 atom stereocenters. The van der Waals surface area contributed by atoms with Crippen molar-refractivity contribution < 1.29 is 0 Å². The van der Waals surface area contributed by atoms with Gasteiger partial charge in [-0.25, -0.2) is 0 Å². The average molecular weight is 276 g/mol. The maximum Gasteiger partial charge on any atom is 0.208 e. The van der Waals surface area contributed by atoms with E-state index in [1.54, 1.807) is 0 Å². The SMILES string of the molecule is CC(C)N1[C]N(C)C(c2ccccc2)=C1c1ccccc1. The zero-order valence-corrected chi connectivity index (χ0v) is 12.7. The number of benzene rings is 2. The second kappa shape index (κ2) is 5.65. The highest BCUT2D eigenvalue weighted by molar-refractivity contribution is 5.91. The van der Waals surface area contributed by atoms with Gasteiger partial charge in [-0.15, -0.1) is 0 Å². The summed E-state index contributed by atoms with van der Waals surface area (Å²) in [5.74, 6) is 0. The fraction of sp³-hybridized carbons (Fsp3) is 0.211. The van der Waals surface area contributed by atoms with Gasteiger partial charge in [0.25, 0.3) is 0 Å². The summed E-state index contributed by atoms with van der Waals surface area (Å²) in [6.07, 6.45) is 0. The summed E-state index contributed by atoms with van der Waals surface area (Å²) in [5, 5.41) is 0. The fourth-order valence-electron chi connectivity index (χ4n) is 2.71. The van der Waals surface area contributed by atoms with E-state index >= 15 is 0 Å². The normalized spacial score (nSPS) is 15.2. The van der Waals surface area contributed by atoms with Gasteiger partial charge in [-0.2, -0.15) is 0 Å². The third-order valence-corrected chi connectivity index (χ3v) is 3.67. The molecule has 1 heterocycles. The highest BCUT2D eigenvalue weighted by Crippen LogP contribution is 2.39. The van der Waals surface area contributed by atoms with Crippen LogP contribution in [0.5, 0.6) is 0 Å². The van der Waals surface area contributed by atoms with Crippen molar-refractivity contribution in [3.05, 3.63) is 78.5 Å². The van der Waals surface area contributed by atoms with Crippen molar-refractivity contribution in [2.45, 2.75) is 19.9 Å². The highest BCUT2D eigenvalue weighted by Gasteiger charge is 2.31. The van der Waals surface area contributed by atoms with Crippen LogP contribution in [0.1, 0.15) is 25.0 Å². The number of hydrogen-bond donors (Lipinski definition) is 0. The lowest BCUT2D eigenvalue weighted by Crippen LogP contribution is -2.26. The molecule has 0 saturated carbocycles. The zero-order valence-electron chi connectivity index (χ0n) is 12.7. The van der Waals surface area contributed by atoms with Gasteiger partial charge < -0.3 is 9.80 Å². The molecule has 0 amide bonds. The van der Waals surface area contributed by atoms with Crippen molar-refractivity contribution in [1.82, 2.24) is 9.80 Å². The number of nitrogens with zero attached hydrogens (tertiary/aromatic N) is 2. The standard InChI is InChI=1S/C19H20N2/c1-15(2)21-14-20(3)18(16-10-6-4-7-11-16)19(21)17-12-8-5-9-13-17/h4-13,15H,1-3H3. The number of hydrogen-bond acceptors (Lipinski definition) is 2. The van der Waals surface area contributed by atoms with E-state index in [9.17, 15) is 0 Å². The van der Waals surface area contributed by atoms with E-state index in [2.05, 4.69) is 98.0 Å². The molecule has 2 aromatic rings. The smallest absolute Gasteiger partial charge is 0.208 e. The summed E-state index contributed by atoms with van der Waals surface area (Å²) < 4.78 is 0. The molecular formula is C19H20N2. The minimum Gasteiger partial charge on any atom is -0.342 e. The molecule has 1 aliphatic heterocycles. The molecule has 0 fully saturated rings. The van der Waals surface area contributed by atoms with Gasteiger partial charge in [0.15, 0.2) is 0 Å². The molecule has 21 heavy (non-hydrogen) atoms.